The van der Waals surface area contributed by atoms with E-state index in [-0.39, 0.29) is 17.5 Å². The summed E-state index contributed by atoms with van der Waals surface area (Å²) in [7, 11) is 0. The van der Waals surface area contributed by atoms with Crippen LogP contribution in [0.5, 0.6) is 6.01 Å². The van der Waals surface area contributed by atoms with Crippen LogP contribution >= 0.6 is 0 Å². The smallest absolute Gasteiger partial charge is 0.328 e. The Kier molecular flexibility index (Phi) is 5.91. The molecule has 0 atom stereocenters. The van der Waals surface area contributed by atoms with Gasteiger partial charge in [0.05, 0.1) is 13.2 Å². The number of fused-ring (bicyclic) bond motifs is 1. The maximum Gasteiger partial charge on any atom is 0.328 e. The molecule has 0 aliphatic heterocycles. The van der Waals surface area contributed by atoms with Gasteiger partial charge in [0, 0.05) is 11.5 Å². The summed E-state index contributed by atoms with van der Waals surface area (Å²) in [6.45, 7) is 1.25. The number of H-pyrrole nitrogens is 1. The topological polar surface area (TPSA) is 148 Å². The first-order valence-corrected chi connectivity index (χ1v) is 8.62. The number of ether oxygens (including phenoxy) is 1. The summed E-state index contributed by atoms with van der Waals surface area (Å²) in [6, 6.07) is 9.74. The predicted octanol–water partition coefficient (Wildman–Crippen LogP) is 2.61. The van der Waals surface area contributed by atoms with Gasteiger partial charge in [-0.15, -0.1) is 0 Å². The standard InChI is InChI=1S/C17H20N8O2/c18-14-13-15(23-16(22-14)27-10-6-2-5-9-20-24-19)25(17(26)21-13)11-12-7-3-1-4-8-12/h1,3-4,7-8H,2,5-6,9-11H2,(H,21,26)(H2,18,22,23). The van der Waals surface area contributed by atoms with Gasteiger partial charge in [0.1, 0.15) is 5.52 Å². The Hall–Kier alpha value is -3.52. The van der Waals surface area contributed by atoms with Gasteiger partial charge in [0.15, 0.2) is 11.5 Å². The van der Waals surface area contributed by atoms with Gasteiger partial charge in [-0.2, -0.15) is 9.97 Å². The van der Waals surface area contributed by atoms with E-state index in [0.717, 1.165) is 24.8 Å². The van der Waals surface area contributed by atoms with E-state index in [9.17, 15) is 4.79 Å². The van der Waals surface area contributed by atoms with Crippen LogP contribution in [0, 0.1) is 0 Å². The molecule has 0 spiro atoms. The van der Waals surface area contributed by atoms with Crippen molar-refractivity contribution in [3.8, 4) is 6.01 Å². The van der Waals surface area contributed by atoms with E-state index >= 15 is 0 Å². The maximum atomic E-state index is 12.3. The van der Waals surface area contributed by atoms with Crippen molar-refractivity contribution in [3.05, 3.63) is 56.8 Å². The predicted molar refractivity (Wildman–Crippen MR) is 101 cm³/mol. The number of nitrogens with zero attached hydrogens (tertiary/aromatic N) is 6. The number of imidazole rings is 1. The molecular formula is C17H20N8O2. The van der Waals surface area contributed by atoms with E-state index in [2.05, 4.69) is 25.0 Å². The third-order valence-electron chi connectivity index (χ3n) is 4.01. The minimum Gasteiger partial charge on any atom is -0.463 e. The van der Waals surface area contributed by atoms with Crippen molar-refractivity contribution in [2.45, 2.75) is 25.8 Å². The Morgan fingerprint density at radius 2 is 2.04 bits per heavy atom. The molecule has 10 nitrogen and oxygen atoms in total. The highest BCUT2D eigenvalue weighted by atomic mass is 16.5. The number of aromatic amines is 1. The Labute approximate surface area is 154 Å². The first kappa shape index (κ1) is 18.3. The lowest BCUT2D eigenvalue weighted by Crippen LogP contribution is -2.17. The van der Waals surface area contributed by atoms with E-state index in [1.807, 2.05) is 30.3 Å². The Morgan fingerprint density at radius 3 is 2.81 bits per heavy atom. The van der Waals surface area contributed by atoms with Gasteiger partial charge in [0.25, 0.3) is 0 Å². The molecule has 2 heterocycles. The quantitative estimate of drug-likeness (QED) is 0.258. The molecule has 0 saturated carbocycles. The zero-order valence-electron chi connectivity index (χ0n) is 14.7. The van der Waals surface area contributed by atoms with Crippen molar-refractivity contribution >= 4 is 17.0 Å². The van der Waals surface area contributed by atoms with E-state index in [1.54, 1.807) is 0 Å². The molecule has 3 aromatic rings. The van der Waals surface area contributed by atoms with Crippen LogP contribution < -0.4 is 16.2 Å². The Balaban J connectivity index is 1.73. The SMILES string of the molecule is [N-]=[N+]=NCCCCCOc1nc(N)c2[nH]c(=O)n(Cc3ccccc3)c2n1. The molecule has 0 amide bonds. The zero-order chi connectivity index (χ0) is 19.1. The molecule has 0 aliphatic carbocycles. The summed E-state index contributed by atoms with van der Waals surface area (Å²) < 4.78 is 7.09. The van der Waals surface area contributed by atoms with Crippen molar-refractivity contribution in [3.63, 3.8) is 0 Å². The van der Waals surface area contributed by atoms with Crippen LogP contribution in [0.15, 0.2) is 40.2 Å². The van der Waals surface area contributed by atoms with E-state index in [0.29, 0.717) is 30.9 Å². The lowest BCUT2D eigenvalue weighted by atomic mass is 10.2. The van der Waals surface area contributed by atoms with Gasteiger partial charge in [-0.25, -0.2) is 4.79 Å². The number of hydrogen-bond donors (Lipinski definition) is 2. The number of aromatic nitrogens is 4. The average molecular weight is 368 g/mol. The van der Waals surface area contributed by atoms with Crippen LogP contribution in [-0.4, -0.2) is 32.7 Å². The number of nitrogens with two attached hydrogens (primary N) is 1. The summed E-state index contributed by atoms with van der Waals surface area (Å²) in [4.78, 5) is 26.2. The van der Waals surface area contributed by atoms with E-state index in [4.69, 9.17) is 16.0 Å². The van der Waals surface area contributed by atoms with Crippen molar-refractivity contribution in [1.82, 2.24) is 19.5 Å². The number of azide groups is 1. The third kappa shape index (κ3) is 4.56. The number of nitrogens with one attached hydrogen (secondary N) is 1. The molecule has 0 aliphatic rings. The van der Waals surface area contributed by atoms with Gasteiger partial charge in [-0.05, 0) is 30.4 Å². The zero-order valence-corrected chi connectivity index (χ0v) is 14.7. The van der Waals surface area contributed by atoms with Crippen LogP contribution in [0.2, 0.25) is 0 Å². The van der Waals surface area contributed by atoms with E-state index in [1.165, 1.54) is 4.57 Å². The lowest BCUT2D eigenvalue weighted by Gasteiger charge is -2.07. The molecule has 3 N–H and O–H groups in total. The fourth-order valence-corrected chi connectivity index (χ4v) is 2.68. The first-order valence-electron chi connectivity index (χ1n) is 8.62. The molecule has 10 heteroatoms. The number of nitrogen functional groups attached to an aromatic ring is 1. The summed E-state index contributed by atoms with van der Waals surface area (Å²) in [5.41, 5.74) is 15.7. The number of hydrogen-bond acceptors (Lipinski definition) is 6. The lowest BCUT2D eigenvalue weighted by molar-refractivity contribution is 0.283. The molecule has 140 valence electrons. The van der Waals surface area contributed by atoms with Crippen molar-refractivity contribution in [1.29, 1.82) is 0 Å². The first-order chi connectivity index (χ1) is 13.2. The third-order valence-corrected chi connectivity index (χ3v) is 4.01. The minimum absolute atomic E-state index is 0.135. The molecule has 0 bridgehead atoms. The second-order valence-electron chi connectivity index (χ2n) is 5.96. The fourth-order valence-electron chi connectivity index (χ4n) is 2.68. The van der Waals surface area contributed by atoms with Gasteiger partial charge < -0.3 is 15.5 Å². The van der Waals surface area contributed by atoms with E-state index < -0.39 is 0 Å². The Morgan fingerprint density at radius 1 is 1.22 bits per heavy atom. The van der Waals surface area contributed by atoms with Crippen LogP contribution in [0.1, 0.15) is 24.8 Å². The van der Waals surface area contributed by atoms with Gasteiger partial charge in [0.2, 0.25) is 0 Å². The highest BCUT2D eigenvalue weighted by Gasteiger charge is 2.14. The summed E-state index contributed by atoms with van der Waals surface area (Å²) in [5.74, 6) is 0.169. The second kappa shape index (κ2) is 8.72. The largest absolute Gasteiger partial charge is 0.463 e. The normalized spacial score (nSPS) is 10.7. The monoisotopic (exact) mass is 368 g/mol. The fraction of sp³-hybridized carbons (Fsp3) is 0.353. The van der Waals surface area contributed by atoms with Crippen LogP contribution in [0.4, 0.5) is 5.82 Å². The van der Waals surface area contributed by atoms with Crippen molar-refractivity contribution < 1.29 is 4.74 Å². The average Bonchev–Trinajstić information content (AvgIpc) is 2.98. The van der Waals surface area contributed by atoms with Crippen molar-refractivity contribution in [2.75, 3.05) is 18.9 Å². The molecule has 0 saturated heterocycles. The van der Waals surface area contributed by atoms with Crippen LogP contribution in [0.3, 0.4) is 0 Å². The minimum atomic E-state index is -0.301. The summed E-state index contributed by atoms with van der Waals surface area (Å²) in [6.07, 6.45) is 2.43. The Bertz CT molecular complexity index is 1000. The molecule has 27 heavy (non-hydrogen) atoms. The second-order valence-corrected chi connectivity index (χ2v) is 5.96. The highest BCUT2D eigenvalue weighted by Crippen LogP contribution is 2.18. The summed E-state index contributed by atoms with van der Waals surface area (Å²) >= 11 is 0. The van der Waals surface area contributed by atoms with Crippen LogP contribution in [-0.2, 0) is 6.54 Å². The molecule has 3 rings (SSSR count). The molecular weight excluding hydrogens is 348 g/mol. The van der Waals surface area contributed by atoms with Gasteiger partial charge in [-0.3, -0.25) is 4.57 Å². The van der Waals surface area contributed by atoms with Gasteiger partial charge >= 0.3 is 11.7 Å². The maximum absolute atomic E-state index is 12.3. The molecule has 2 aromatic heterocycles. The van der Waals surface area contributed by atoms with Crippen LogP contribution in [0.25, 0.3) is 21.6 Å². The number of unbranched alkanes of at least 4 members (excludes halogenated alkanes) is 2. The number of rotatable bonds is 9. The highest BCUT2D eigenvalue weighted by molar-refractivity contribution is 5.81. The molecule has 0 unspecified atom stereocenters. The molecule has 0 fully saturated rings. The molecule has 1 aromatic carbocycles. The molecule has 0 radical (unpaired) electrons. The number of anilines is 1. The van der Waals surface area contributed by atoms with Gasteiger partial charge in [-0.1, -0.05) is 35.4 Å². The number of benzene rings is 1. The summed E-state index contributed by atoms with van der Waals surface area (Å²) in [5, 5.41) is 3.48. The van der Waals surface area contributed by atoms with Crippen molar-refractivity contribution in [2.24, 2.45) is 5.11 Å².